The zero-order valence-electron chi connectivity index (χ0n) is 14.4. The summed E-state index contributed by atoms with van der Waals surface area (Å²) < 4.78 is 2.13. The second kappa shape index (κ2) is 7.79. The highest BCUT2D eigenvalue weighted by molar-refractivity contribution is 7.09. The molecule has 1 aliphatic rings. The molecule has 1 atom stereocenters. The molecule has 3 heterocycles. The van der Waals surface area contributed by atoms with Crippen LogP contribution in [0.4, 0.5) is 4.79 Å². The molecule has 0 unspecified atom stereocenters. The minimum absolute atomic E-state index is 0.0172. The number of aryl methyl sites for hydroxylation is 2. The van der Waals surface area contributed by atoms with Crippen LogP contribution in [0.25, 0.3) is 0 Å². The molecule has 0 bridgehead atoms. The maximum Gasteiger partial charge on any atom is 0.318 e. The zero-order chi connectivity index (χ0) is 16.9. The van der Waals surface area contributed by atoms with E-state index in [2.05, 4.69) is 33.7 Å². The summed E-state index contributed by atoms with van der Waals surface area (Å²) in [6, 6.07) is 0.0479. The Bertz CT molecular complexity index is 680. The Morgan fingerprint density at radius 1 is 1.42 bits per heavy atom. The second-order valence-electron chi connectivity index (χ2n) is 6.02. The van der Waals surface area contributed by atoms with E-state index in [1.165, 1.54) is 0 Å². The molecule has 2 aromatic heterocycles. The van der Waals surface area contributed by atoms with Crippen LogP contribution in [0.15, 0.2) is 17.8 Å². The topological polar surface area (TPSA) is 63.1 Å². The number of hydrogen-bond acceptors (Lipinski definition) is 4. The summed E-state index contributed by atoms with van der Waals surface area (Å²) >= 11 is 1.65. The van der Waals surface area contributed by atoms with Gasteiger partial charge in [0.1, 0.15) is 5.82 Å². The number of nitrogens with one attached hydrogen (secondary N) is 1. The van der Waals surface area contributed by atoms with Crippen LogP contribution in [0, 0.1) is 0 Å². The number of amides is 2. The van der Waals surface area contributed by atoms with E-state index in [1.807, 2.05) is 22.7 Å². The number of piperidine rings is 1. The predicted molar refractivity (Wildman–Crippen MR) is 94.9 cm³/mol. The lowest BCUT2D eigenvalue weighted by Crippen LogP contribution is -2.45. The van der Waals surface area contributed by atoms with Crippen molar-refractivity contribution in [1.82, 2.24) is 24.8 Å². The Labute approximate surface area is 146 Å². The molecule has 3 rings (SSSR count). The van der Waals surface area contributed by atoms with Crippen LogP contribution < -0.4 is 5.32 Å². The molecule has 2 aromatic rings. The van der Waals surface area contributed by atoms with Gasteiger partial charge in [-0.1, -0.05) is 6.92 Å². The average Bonchev–Trinajstić information content (AvgIpc) is 3.28. The molecule has 0 aromatic carbocycles. The fraction of sp³-hybridized carbons (Fsp3) is 0.588. The van der Waals surface area contributed by atoms with Crippen molar-refractivity contribution in [2.45, 2.75) is 58.7 Å². The molecule has 2 amide bonds. The minimum atomic E-state index is -0.0172. The number of imidazole rings is 1. The smallest absolute Gasteiger partial charge is 0.318 e. The highest BCUT2D eigenvalue weighted by atomic mass is 32.1. The molecule has 0 spiro atoms. The normalized spacial score (nSPS) is 17.9. The number of thiazole rings is 1. The first-order valence-electron chi connectivity index (χ1n) is 8.71. The lowest BCUT2D eigenvalue weighted by atomic mass is 10.0. The minimum Gasteiger partial charge on any atom is -0.333 e. The Morgan fingerprint density at radius 2 is 2.29 bits per heavy atom. The Morgan fingerprint density at radius 3 is 3.04 bits per heavy atom. The molecule has 24 heavy (non-hydrogen) atoms. The predicted octanol–water partition coefficient (Wildman–Crippen LogP) is 3.36. The van der Waals surface area contributed by atoms with E-state index >= 15 is 0 Å². The number of aromatic nitrogens is 3. The van der Waals surface area contributed by atoms with Crippen molar-refractivity contribution in [3.63, 3.8) is 0 Å². The van der Waals surface area contributed by atoms with Gasteiger partial charge >= 0.3 is 6.03 Å². The molecular weight excluding hydrogens is 322 g/mol. The van der Waals surface area contributed by atoms with Crippen LogP contribution in [0.1, 0.15) is 55.7 Å². The van der Waals surface area contributed by atoms with Crippen LogP contribution in [-0.2, 0) is 19.5 Å². The van der Waals surface area contributed by atoms with Gasteiger partial charge in [0, 0.05) is 30.9 Å². The standard InChI is InChI=1S/C17H25N5OS/c1-3-15-20-13(12-24-15)11-19-17(23)22-9-6-5-7-14(22)16-18-8-10-21(16)4-2/h8,10,12,14H,3-7,9,11H2,1-2H3,(H,19,23)/t14-/m0/s1. The van der Waals surface area contributed by atoms with Gasteiger partial charge in [-0.25, -0.2) is 14.8 Å². The van der Waals surface area contributed by atoms with Crippen molar-refractivity contribution >= 4 is 17.4 Å². The lowest BCUT2D eigenvalue weighted by Gasteiger charge is -2.35. The summed E-state index contributed by atoms with van der Waals surface area (Å²) in [6.07, 6.45) is 7.91. The number of urea groups is 1. The van der Waals surface area contributed by atoms with Crippen LogP contribution in [0.3, 0.4) is 0 Å². The number of carbonyl (C=O) groups excluding carboxylic acids is 1. The molecule has 7 heteroatoms. The highest BCUT2D eigenvalue weighted by Crippen LogP contribution is 2.30. The molecular formula is C17H25N5OS. The summed E-state index contributed by atoms with van der Waals surface area (Å²) in [6.45, 7) is 6.34. The van der Waals surface area contributed by atoms with Gasteiger partial charge in [-0.3, -0.25) is 0 Å². The molecule has 0 radical (unpaired) electrons. The fourth-order valence-electron chi connectivity index (χ4n) is 3.19. The van der Waals surface area contributed by atoms with Gasteiger partial charge in [-0.05, 0) is 32.6 Å². The van der Waals surface area contributed by atoms with Crippen molar-refractivity contribution in [3.05, 3.63) is 34.3 Å². The van der Waals surface area contributed by atoms with E-state index in [9.17, 15) is 4.79 Å². The van der Waals surface area contributed by atoms with Crippen molar-refractivity contribution < 1.29 is 4.79 Å². The number of hydrogen-bond donors (Lipinski definition) is 1. The maximum atomic E-state index is 12.7. The first-order chi connectivity index (χ1) is 11.7. The van der Waals surface area contributed by atoms with Crippen molar-refractivity contribution in [2.75, 3.05) is 6.54 Å². The first kappa shape index (κ1) is 17.0. The van der Waals surface area contributed by atoms with E-state index in [0.29, 0.717) is 6.54 Å². The van der Waals surface area contributed by atoms with Gasteiger partial charge in [-0.15, -0.1) is 11.3 Å². The Kier molecular flexibility index (Phi) is 5.50. The van der Waals surface area contributed by atoms with Crippen molar-refractivity contribution in [1.29, 1.82) is 0 Å². The summed E-state index contributed by atoms with van der Waals surface area (Å²) in [4.78, 5) is 23.7. The molecule has 1 aliphatic heterocycles. The summed E-state index contributed by atoms with van der Waals surface area (Å²) in [5, 5.41) is 6.17. The number of carbonyl (C=O) groups is 1. The molecule has 0 aliphatic carbocycles. The first-order valence-corrected chi connectivity index (χ1v) is 9.59. The quantitative estimate of drug-likeness (QED) is 0.902. The van der Waals surface area contributed by atoms with Gasteiger partial charge < -0.3 is 14.8 Å². The molecule has 1 N–H and O–H groups in total. The summed E-state index contributed by atoms with van der Waals surface area (Å²) in [5.74, 6) is 0.995. The van der Waals surface area contributed by atoms with E-state index < -0.39 is 0 Å². The van der Waals surface area contributed by atoms with Gasteiger partial charge in [0.25, 0.3) is 0 Å². The molecule has 1 saturated heterocycles. The second-order valence-corrected chi connectivity index (χ2v) is 6.96. The fourth-order valence-corrected chi connectivity index (χ4v) is 3.93. The maximum absolute atomic E-state index is 12.7. The largest absolute Gasteiger partial charge is 0.333 e. The van der Waals surface area contributed by atoms with Crippen molar-refractivity contribution in [3.8, 4) is 0 Å². The molecule has 6 nitrogen and oxygen atoms in total. The van der Waals surface area contributed by atoms with Gasteiger partial charge in [0.15, 0.2) is 0 Å². The van der Waals surface area contributed by atoms with Crippen LogP contribution in [-0.4, -0.2) is 32.0 Å². The number of rotatable bonds is 5. The number of nitrogens with zero attached hydrogens (tertiary/aromatic N) is 4. The molecule has 0 saturated carbocycles. The third-order valence-corrected chi connectivity index (χ3v) is 5.51. The van der Waals surface area contributed by atoms with Crippen LogP contribution >= 0.6 is 11.3 Å². The van der Waals surface area contributed by atoms with Gasteiger partial charge in [0.2, 0.25) is 0 Å². The van der Waals surface area contributed by atoms with E-state index in [0.717, 1.165) is 55.3 Å². The molecule has 130 valence electrons. The highest BCUT2D eigenvalue weighted by Gasteiger charge is 2.30. The van der Waals surface area contributed by atoms with Crippen LogP contribution in [0.5, 0.6) is 0 Å². The summed E-state index contributed by atoms with van der Waals surface area (Å²) in [7, 11) is 0. The van der Waals surface area contributed by atoms with E-state index in [1.54, 1.807) is 11.3 Å². The summed E-state index contributed by atoms with van der Waals surface area (Å²) in [5.41, 5.74) is 0.939. The SMILES string of the molecule is CCc1nc(CNC(=O)N2CCCC[C@H]2c2nccn2CC)cs1. The Hall–Kier alpha value is -1.89. The average molecular weight is 347 g/mol. The van der Waals surface area contributed by atoms with Crippen molar-refractivity contribution in [2.24, 2.45) is 0 Å². The zero-order valence-corrected chi connectivity index (χ0v) is 15.2. The van der Waals surface area contributed by atoms with E-state index in [-0.39, 0.29) is 12.1 Å². The number of likely N-dealkylation sites (tertiary alicyclic amines) is 1. The third-order valence-electron chi connectivity index (χ3n) is 4.47. The van der Waals surface area contributed by atoms with Gasteiger partial charge in [-0.2, -0.15) is 0 Å². The van der Waals surface area contributed by atoms with E-state index in [4.69, 9.17) is 0 Å². The van der Waals surface area contributed by atoms with Crippen LogP contribution in [0.2, 0.25) is 0 Å². The lowest BCUT2D eigenvalue weighted by molar-refractivity contribution is 0.145. The third kappa shape index (κ3) is 3.61. The van der Waals surface area contributed by atoms with Gasteiger partial charge in [0.05, 0.1) is 23.3 Å². The molecule has 1 fully saturated rings. The Balaban J connectivity index is 1.67. The monoisotopic (exact) mass is 347 g/mol.